The van der Waals surface area contributed by atoms with E-state index in [1.165, 1.54) is 11.8 Å². The van der Waals surface area contributed by atoms with Crippen molar-refractivity contribution in [3.63, 3.8) is 0 Å². The number of hydrogen-bond acceptors (Lipinski definition) is 3. The fourth-order valence-electron chi connectivity index (χ4n) is 1.54. The van der Waals surface area contributed by atoms with Crippen LogP contribution in [-0.4, -0.2) is 47.0 Å². The van der Waals surface area contributed by atoms with E-state index in [1.807, 2.05) is 0 Å². The summed E-state index contributed by atoms with van der Waals surface area (Å²) in [6.07, 6.45) is 0. The van der Waals surface area contributed by atoms with Crippen molar-refractivity contribution in [1.82, 2.24) is 10.2 Å². The molecule has 2 unspecified atom stereocenters. The van der Waals surface area contributed by atoms with Gasteiger partial charge in [0.15, 0.2) is 0 Å². The molecule has 1 aliphatic rings. The predicted molar refractivity (Wildman–Crippen MR) is 59.1 cm³/mol. The van der Waals surface area contributed by atoms with Gasteiger partial charge in [0, 0.05) is 19.0 Å². The second-order valence-corrected chi connectivity index (χ2v) is 4.37. The first-order valence-corrected chi connectivity index (χ1v) is 5.40. The summed E-state index contributed by atoms with van der Waals surface area (Å²) in [4.78, 5) is 34.4. The summed E-state index contributed by atoms with van der Waals surface area (Å²) in [5, 5.41) is 11.2. The van der Waals surface area contributed by atoms with Crippen molar-refractivity contribution < 1.29 is 19.5 Å². The number of aliphatic carboxylic acids is 1. The molecule has 0 aromatic heterocycles. The van der Waals surface area contributed by atoms with Crippen molar-refractivity contribution in [2.24, 2.45) is 17.6 Å². The second kappa shape index (κ2) is 5.03. The number of amides is 3. The fourth-order valence-corrected chi connectivity index (χ4v) is 1.54. The zero-order valence-electron chi connectivity index (χ0n) is 9.84. The Morgan fingerprint density at radius 3 is 2.29 bits per heavy atom. The minimum atomic E-state index is -0.861. The number of likely N-dealkylation sites (tertiary alicyclic amines) is 1. The Hall–Kier alpha value is -1.79. The number of nitrogens with zero attached hydrogens (tertiary/aromatic N) is 1. The van der Waals surface area contributed by atoms with Crippen LogP contribution in [0.3, 0.4) is 0 Å². The van der Waals surface area contributed by atoms with E-state index >= 15 is 0 Å². The molecule has 7 heteroatoms. The first-order valence-electron chi connectivity index (χ1n) is 5.40. The van der Waals surface area contributed by atoms with Crippen LogP contribution in [0.4, 0.5) is 4.79 Å². The van der Waals surface area contributed by atoms with Gasteiger partial charge in [-0.05, 0) is 6.92 Å². The van der Waals surface area contributed by atoms with Gasteiger partial charge in [0.1, 0.15) is 6.04 Å². The smallest absolute Gasteiger partial charge is 0.318 e. The molecule has 0 spiro atoms. The van der Waals surface area contributed by atoms with Gasteiger partial charge < -0.3 is 21.1 Å². The van der Waals surface area contributed by atoms with Crippen LogP contribution in [0.15, 0.2) is 0 Å². The molecule has 0 radical (unpaired) electrons. The first kappa shape index (κ1) is 13.3. The van der Waals surface area contributed by atoms with E-state index in [2.05, 4.69) is 5.32 Å². The third-order valence-electron chi connectivity index (χ3n) is 3.06. The van der Waals surface area contributed by atoms with E-state index in [9.17, 15) is 14.4 Å². The number of nitrogens with one attached hydrogen (secondary N) is 1. The third-order valence-corrected chi connectivity index (χ3v) is 3.06. The molecule has 1 rings (SSSR count). The fraction of sp³-hybridized carbons (Fsp3) is 0.700. The van der Waals surface area contributed by atoms with E-state index in [0.717, 1.165) is 0 Å². The monoisotopic (exact) mass is 243 g/mol. The number of rotatable bonds is 4. The minimum Gasteiger partial charge on any atom is -0.481 e. The molecule has 3 amide bonds. The summed E-state index contributed by atoms with van der Waals surface area (Å²) < 4.78 is 0. The maximum atomic E-state index is 11.5. The van der Waals surface area contributed by atoms with Gasteiger partial charge in [0.25, 0.3) is 0 Å². The van der Waals surface area contributed by atoms with Crippen LogP contribution < -0.4 is 11.1 Å². The molecular formula is C10H17N3O4. The lowest BCUT2D eigenvalue weighted by Crippen LogP contribution is -2.58. The number of primary amides is 1. The predicted octanol–water partition coefficient (Wildman–Crippen LogP) is -0.778. The Morgan fingerprint density at radius 1 is 1.35 bits per heavy atom. The highest BCUT2D eigenvalue weighted by atomic mass is 16.4. The van der Waals surface area contributed by atoms with Gasteiger partial charge in [-0.1, -0.05) is 6.92 Å². The van der Waals surface area contributed by atoms with Gasteiger partial charge >= 0.3 is 12.0 Å². The zero-order chi connectivity index (χ0) is 13.2. The Labute approximate surface area is 98.9 Å². The lowest BCUT2D eigenvalue weighted by atomic mass is 9.87. The maximum absolute atomic E-state index is 11.5. The molecule has 0 saturated carbocycles. The topological polar surface area (TPSA) is 113 Å². The molecule has 1 fully saturated rings. The lowest BCUT2D eigenvalue weighted by Gasteiger charge is -2.41. The molecule has 4 N–H and O–H groups in total. The summed E-state index contributed by atoms with van der Waals surface area (Å²) in [6, 6.07) is -1.11. The highest BCUT2D eigenvalue weighted by Crippen LogP contribution is 2.23. The largest absolute Gasteiger partial charge is 0.481 e. The molecule has 2 atom stereocenters. The summed E-state index contributed by atoms with van der Waals surface area (Å²) in [5.41, 5.74) is 5.01. The van der Waals surface area contributed by atoms with Crippen LogP contribution in [0, 0.1) is 11.8 Å². The van der Waals surface area contributed by atoms with Crippen LogP contribution >= 0.6 is 0 Å². The summed E-state index contributed by atoms with van der Waals surface area (Å²) >= 11 is 0. The minimum absolute atomic E-state index is 0.0258. The number of carbonyl (C=O) groups is 3. The molecule has 0 aromatic rings. The van der Waals surface area contributed by atoms with Crippen molar-refractivity contribution in [2.45, 2.75) is 19.9 Å². The Morgan fingerprint density at radius 2 is 1.88 bits per heavy atom. The van der Waals surface area contributed by atoms with Crippen molar-refractivity contribution in [2.75, 3.05) is 13.1 Å². The second-order valence-electron chi connectivity index (χ2n) is 4.37. The molecule has 7 nitrogen and oxygen atoms in total. The number of hydrogen-bond donors (Lipinski definition) is 3. The number of nitrogens with two attached hydrogens (primary N) is 1. The molecule has 0 aliphatic carbocycles. The molecule has 1 heterocycles. The van der Waals surface area contributed by atoms with E-state index < -0.39 is 23.8 Å². The van der Waals surface area contributed by atoms with Crippen LogP contribution in [0.2, 0.25) is 0 Å². The zero-order valence-corrected chi connectivity index (χ0v) is 9.84. The molecule has 1 saturated heterocycles. The average molecular weight is 243 g/mol. The van der Waals surface area contributed by atoms with Gasteiger partial charge in [0.2, 0.25) is 5.91 Å². The standard InChI is InChI=1S/C10H17N3O4/c1-5(9(15)16)7-3-13(4-7)10(17)12-6(2)8(11)14/h5-7H,3-4H2,1-2H3,(H2,11,14)(H,12,17)(H,15,16). The Kier molecular flexibility index (Phi) is 3.93. The van der Waals surface area contributed by atoms with Gasteiger partial charge in [-0.25, -0.2) is 4.79 Å². The summed E-state index contributed by atoms with van der Waals surface area (Å²) in [6.45, 7) is 3.90. The molecule has 96 valence electrons. The van der Waals surface area contributed by atoms with Crippen LogP contribution in [0.1, 0.15) is 13.8 Å². The normalized spacial score (nSPS) is 19.1. The average Bonchev–Trinajstić information content (AvgIpc) is 2.14. The molecule has 0 aromatic carbocycles. The molecule has 0 bridgehead atoms. The van der Waals surface area contributed by atoms with E-state index in [-0.39, 0.29) is 11.9 Å². The van der Waals surface area contributed by atoms with Crippen molar-refractivity contribution in [3.8, 4) is 0 Å². The van der Waals surface area contributed by atoms with Crippen LogP contribution in [0.5, 0.6) is 0 Å². The summed E-state index contributed by atoms with van der Waals surface area (Å²) in [5.74, 6) is -1.95. The number of carboxylic acid groups (broad SMARTS) is 1. The van der Waals surface area contributed by atoms with Gasteiger partial charge in [0.05, 0.1) is 5.92 Å². The molecule has 17 heavy (non-hydrogen) atoms. The van der Waals surface area contributed by atoms with Crippen molar-refractivity contribution >= 4 is 17.9 Å². The third kappa shape index (κ3) is 3.08. The highest BCUT2D eigenvalue weighted by molar-refractivity contribution is 5.85. The maximum Gasteiger partial charge on any atom is 0.318 e. The first-order chi connectivity index (χ1) is 7.82. The Bertz CT molecular complexity index is 338. The Balaban J connectivity index is 2.35. The van der Waals surface area contributed by atoms with Crippen LogP contribution in [0.25, 0.3) is 0 Å². The summed E-state index contributed by atoms with van der Waals surface area (Å²) in [7, 11) is 0. The molecular weight excluding hydrogens is 226 g/mol. The van der Waals surface area contributed by atoms with Crippen molar-refractivity contribution in [1.29, 1.82) is 0 Å². The molecule has 1 aliphatic heterocycles. The SMILES string of the molecule is CC(NC(=O)N1CC(C(C)C(=O)O)C1)C(N)=O. The van der Waals surface area contributed by atoms with Gasteiger partial charge in [-0.2, -0.15) is 0 Å². The van der Waals surface area contributed by atoms with E-state index in [4.69, 9.17) is 10.8 Å². The number of urea groups is 1. The number of carbonyl (C=O) groups excluding carboxylic acids is 2. The quantitative estimate of drug-likeness (QED) is 0.601. The van der Waals surface area contributed by atoms with Crippen molar-refractivity contribution in [3.05, 3.63) is 0 Å². The van der Waals surface area contributed by atoms with E-state index in [0.29, 0.717) is 13.1 Å². The van der Waals surface area contributed by atoms with Gasteiger partial charge in [-0.3, -0.25) is 9.59 Å². The van der Waals surface area contributed by atoms with E-state index in [1.54, 1.807) is 6.92 Å². The van der Waals surface area contributed by atoms with Crippen LogP contribution in [-0.2, 0) is 9.59 Å². The van der Waals surface area contributed by atoms with Gasteiger partial charge in [-0.15, -0.1) is 0 Å². The lowest BCUT2D eigenvalue weighted by molar-refractivity contribution is -0.144. The number of carboxylic acids is 1. The highest BCUT2D eigenvalue weighted by Gasteiger charge is 2.37.